The lowest BCUT2D eigenvalue weighted by Gasteiger charge is -2.12. The Bertz CT molecular complexity index is 977. The van der Waals surface area contributed by atoms with Crippen LogP contribution in [0.5, 0.6) is 0 Å². The Morgan fingerprint density at radius 1 is 1.07 bits per heavy atom. The van der Waals surface area contributed by atoms with Gasteiger partial charge in [0.1, 0.15) is 5.82 Å². The number of halogens is 3. The van der Waals surface area contributed by atoms with Crippen molar-refractivity contribution in [3.8, 4) is 0 Å². The quantitative estimate of drug-likeness (QED) is 0.640. The van der Waals surface area contributed by atoms with Crippen LogP contribution in [-0.2, 0) is 11.3 Å². The lowest BCUT2D eigenvalue weighted by Crippen LogP contribution is -2.18. The molecule has 3 aromatic rings. The second kappa shape index (κ2) is 8.12. The molecule has 0 bridgehead atoms. The molecule has 28 heavy (non-hydrogen) atoms. The summed E-state index contributed by atoms with van der Waals surface area (Å²) < 4.78 is 41.8. The average molecular weight is 385 g/mol. The molecule has 0 saturated heterocycles. The van der Waals surface area contributed by atoms with E-state index in [0.717, 1.165) is 5.56 Å². The fourth-order valence-corrected chi connectivity index (χ4v) is 2.76. The number of carbonyl (C=O) groups is 1. The van der Waals surface area contributed by atoms with E-state index in [1.54, 1.807) is 23.7 Å². The molecule has 4 nitrogen and oxygen atoms in total. The van der Waals surface area contributed by atoms with Crippen LogP contribution in [-0.4, -0.2) is 21.9 Å². The Morgan fingerprint density at radius 2 is 1.68 bits per heavy atom. The Labute approximate surface area is 160 Å². The van der Waals surface area contributed by atoms with E-state index in [1.165, 1.54) is 24.3 Å². The molecule has 0 radical (unpaired) electrons. The Balaban J connectivity index is 1.85. The van der Waals surface area contributed by atoms with Crippen LogP contribution < -0.4 is 5.32 Å². The summed E-state index contributed by atoms with van der Waals surface area (Å²) in [5, 5.41) is 6.81. The minimum Gasteiger partial charge on any atom is -0.307 e. The van der Waals surface area contributed by atoms with Gasteiger partial charge in [-0.2, -0.15) is 18.3 Å². The monoisotopic (exact) mass is 385 g/mol. The molecule has 0 aliphatic heterocycles. The number of anilines is 1. The van der Waals surface area contributed by atoms with Gasteiger partial charge in [0.2, 0.25) is 5.91 Å². The standard InChI is InChI=1S/C21H18F3N3O/c1-15-12-19(27(26-15)14-16-8-4-2-5-9-16)25-20(28)13-18(21(22,23)24)17-10-6-3-7-11-17/h2-13H,14H2,1H3,(H,25,28)/b18-13-. The Morgan fingerprint density at radius 3 is 2.29 bits per heavy atom. The van der Waals surface area contributed by atoms with E-state index < -0.39 is 17.7 Å². The van der Waals surface area contributed by atoms with E-state index in [2.05, 4.69) is 10.4 Å². The van der Waals surface area contributed by atoms with Crippen LogP contribution in [0.3, 0.4) is 0 Å². The second-order valence-electron chi connectivity index (χ2n) is 6.23. The average Bonchev–Trinajstić information content (AvgIpc) is 2.99. The van der Waals surface area contributed by atoms with Crippen LogP contribution >= 0.6 is 0 Å². The van der Waals surface area contributed by atoms with Crippen LogP contribution in [0.2, 0.25) is 0 Å². The highest BCUT2D eigenvalue weighted by atomic mass is 19.4. The number of nitrogens with zero attached hydrogens (tertiary/aromatic N) is 2. The summed E-state index contributed by atoms with van der Waals surface area (Å²) in [7, 11) is 0. The second-order valence-corrected chi connectivity index (χ2v) is 6.23. The molecule has 0 saturated carbocycles. The van der Waals surface area contributed by atoms with Crippen LogP contribution in [0.25, 0.3) is 5.57 Å². The predicted molar refractivity (Wildman–Crippen MR) is 102 cm³/mol. The molecule has 0 unspecified atom stereocenters. The number of allylic oxidation sites excluding steroid dienone is 1. The Kier molecular flexibility index (Phi) is 5.63. The molecule has 0 aliphatic rings. The molecular formula is C21H18F3N3O. The van der Waals surface area contributed by atoms with Gasteiger partial charge in [-0.05, 0) is 18.1 Å². The van der Waals surface area contributed by atoms with Crippen molar-refractivity contribution >= 4 is 17.3 Å². The van der Waals surface area contributed by atoms with Crippen LogP contribution in [0, 0.1) is 6.92 Å². The van der Waals surface area contributed by atoms with E-state index in [1.807, 2.05) is 30.3 Å². The third kappa shape index (κ3) is 4.88. The van der Waals surface area contributed by atoms with Gasteiger partial charge in [0.05, 0.1) is 17.8 Å². The molecule has 1 amide bonds. The number of hydrogen-bond acceptors (Lipinski definition) is 2. The first-order valence-corrected chi connectivity index (χ1v) is 8.56. The van der Waals surface area contributed by atoms with E-state index in [0.29, 0.717) is 24.1 Å². The van der Waals surface area contributed by atoms with E-state index in [-0.39, 0.29) is 5.56 Å². The summed E-state index contributed by atoms with van der Waals surface area (Å²) in [4.78, 5) is 12.3. The van der Waals surface area contributed by atoms with E-state index >= 15 is 0 Å². The zero-order chi connectivity index (χ0) is 20.1. The largest absolute Gasteiger partial charge is 0.417 e. The highest BCUT2D eigenvalue weighted by molar-refractivity contribution is 6.04. The smallest absolute Gasteiger partial charge is 0.307 e. The topological polar surface area (TPSA) is 46.9 Å². The summed E-state index contributed by atoms with van der Waals surface area (Å²) >= 11 is 0. The normalized spacial score (nSPS) is 12.1. The molecule has 3 rings (SSSR count). The Hall–Kier alpha value is -3.35. The maximum absolute atomic E-state index is 13.4. The van der Waals surface area contributed by atoms with Crippen molar-refractivity contribution in [3.63, 3.8) is 0 Å². The third-order valence-corrected chi connectivity index (χ3v) is 3.99. The van der Waals surface area contributed by atoms with E-state index in [4.69, 9.17) is 0 Å². The molecule has 0 atom stereocenters. The number of aryl methyl sites for hydroxylation is 1. The number of nitrogens with one attached hydrogen (secondary N) is 1. The van der Waals surface area contributed by atoms with Crippen molar-refractivity contribution in [1.29, 1.82) is 0 Å². The van der Waals surface area contributed by atoms with E-state index in [9.17, 15) is 18.0 Å². The first-order chi connectivity index (χ1) is 13.3. The van der Waals surface area contributed by atoms with Crippen LogP contribution in [0.15, 0.2) is 72.8 Å². The summed E-state index contributed by atoms with van der Waals surface area (Å²) in [5.41, 5.74) is 0.529. The van der Waals surface area contributed by atoms with Gasteiger partial charge in [0.15, 0.2) is 0 Å². The molecule has 1 aromatic heterocycles. The molecule has 1 N–H and O–H groups in total. The fourth-order valence-electron chi connectivity index (χ4n) is 2.76. The zero-order valence-corrected chi connectivity index (χ0v) is 15.1. The maximum atomic E-state index is 13.4. The molecule has 0 fully saturated rings. The van der Waals surface area contributed by atoms with Crippen molar-refractivity contribution in [1.82, 2.24) is 9.78 Å². The third-order valence-electron chi connectivity index (χ3n) is 3.99. The van der Waals surface area contributed by atoms with Gasteiger partial charge >= 0.3 is 6.18 Å². The van der Waals surface area contributed by atoms with Crippen LogP contribution in [0.4, 0.5) is 19.0 Å². The first-order valence-electron chi connectivity index (χ1n) is 8.56. The van der Waals surface area contributed by atoms with Crippen molar-refractivity contribution in [2.75, 3.05) is 5.32 Å². The number of carbonyl (C=O) groups excluding carboxylic acids is 1. The maximum Gasteiger partial charge on any atom is 0.417 e. The minimum atomic E-state index is -4.65. The van der Waals surface area contributed by atoms with Gasteiger partial charge < -0.3 is 5.32 Å². The number of benzene rings is 2. The molecular weight excluding hydrogens is 367 g/mol. The summed E-state index contributed by atoms with van der Waals surface area (Å²) in [5.74, 6) is -0.539. The summed E-state index contributed by atoms with van der Waals surface area (Å²) in [6.07, 6.45) is -4.08. The summed E-state index contributed by atoms with van der Waals surface area (Å²) in [6.45, 7) is 2.14. The van der Waals surface area contributed by atoms with Gasteiger partial charge in [-0.15, -0.1) is 0 Å². The van der Waals surface area contributed by atoms with Crippen molar-refractivity contribution in [2.24, 2.45) is 0 Å². The lowest BCUT2D eigenvalue weighted by atomic mass is 10.1. The first kappa shape index (κ1) is 19.4. The zero-order valence-electron chi connectivity index (χ0n) is 15.1. The SMILES string of the molecule is Cc1cc(NC(=O)/C=C(/c2ccccc2)C(F)(F)F)n(Cc2ccccc2)n1. The van der Waals surface area contributed by atoms with Crippen LogP contribution in [0.1, 0.15) is 16.8 Å². The predicted octanol–water partition coefficient (Wildman–Crippen LogP) is 4.82. The molecule has 7 heteroatoms. The van der Waals surface area contributed by atoms with Gasteiger partial charge in [-0.1, -0.05) is 60.7 Å². The van der Waals surface area contributed by atoms with Crippen molar-refractivity contribution in [3.05, 3.63) is 89.6 Å². The van der Waals surface area contributed by atoms with Gasteiger partial charge in [-0.25, -0.2) is 4.68 Å². The minimum absolute atomic E-state index is 0.0703. The summed E-state index contributed by atoms with van der Waals surface area (Å²) in [6, 6.07) is 18.3. The molecule has 0 aliphatic carbocycles. The highest BCUT2D eigenvalue weighted by Gasteiger charge is 2.35. The molecule has 144 valence electrons. The number of aromatic nitrogens is 2. The number of alkyl halides is 3. The number of amides is 1. The fraction of sp³-hybridized carbons (Fsp3) is 0.143. The number of hydrogen-bond donors (Lipinski definition) is 1. The highest BCUT2D eigenvalue weighted by Crippen LogP contribution is 2.33. The lowest BCUT2D eigenvalue weighted by molar-refractivity contribution is -0.112. The molecule has 1 heterocycles. The van der Waals surface area contributed by atoms with Gasteiger partial charge in [0, 0.05) is 12.1 Å². The van der Waals surface area contributed by atoms with Gasteiger partial charge in [-0.3, -0.25) is 4.79 Å². The molecule has 2 aromatic carbocycles. The molecule has 0 spiro atoms. The number of rotatable bonds is 5. The van der Waals surface area contributed by atoms with Crippen molar-refractivity contribution in [2.45, 2.75) is 19.6 Å². The van der Waals surface area contributed by atoms with Gasteiger partial charge in [0.25, 0.3) is 0 Å². The van der Waals surface area contributed by atoms with Crippen molar-refractivity contribution < 1.29 is 18.0 Å².